The van der Waals surface area contributed by atoms with Gasteiger partial charge < -0.3 is 10.1 Å². The number of rotatable bonds is 4. The highest BCUT2D eigenvalue weighted by atomic mass is 35.5. The second-order valence-electron chi connectivity index (χ2n) is 5.44. The zero-order chi connectivity index (χ0) is 12.4. The molecule has 3 rings (SSSR count). The molecule has 0 radical (unpaired) electrons. The highest BCUT2D eigenvalue weighted by molar-refractivity contribution is 5.85. The zero-order valence-electron chi connectivity index (χ0n) is 11.0. The van der Waals surface area contributed by atoms with Gasteiger partial charge in [-0.15, -0.1) is 12.4 Å². The Bertz CT molecular complexity index is 403. The second-order valence-corrected chi connectivity index (χ2v) is 5.44. The molecule has 2 heterocycles. The molecule has 0 unspecified atom stereocenters. The van der Waals surface area contributed by atoms with Crippen molar-refractivity contribution < 1.29 is 9.13 Å². The van der Waals surface area contributed by atoms with Gasteiger partial charge in [0.1, 0.15) is 6.67 Å². The molecule has 2 fully saturated rings. The molecule has 106 valence electrons. The molecule has 0 spiro atoms. The van der Waals surface area contributed by atoms with Crippen LogP contribution < -0.4 is 5.32 Å². The van der Waals surface area contributed by atoms with E-state index in [1.165, 1.54) is 12.8 Å². The fourth-order valence-electron chi connectivity index (χ4n) is 3.18. The van der Waals surface area contributed by atoms with Gasteiger partial charge in [0.2, 0.25) is 0 Å². The maximum Gasteiger partial charge on any atom is 0.115 e. The van der Waals surface area contributed by atoms with E-state index in [0.717, 1.165) is 24.0 Å². The van der Waals surface area contributed by atoms with Gasteiger partial charge in [-0.25, -0.2) is 4.39 Å². The van der Waals surface area contributed by atoms with Crippen molar-refractivity contribution >= 4 is 12.4 Å². The van der Waals surface area contributed by atoms with Gasteiger partial charge in [0.25, 0.3) is 0 Å². The minimum absolute atomic E-state index is 0. The fraction of sp³-hybridized carbons (Fsp3) is 0.600. The third-order valence-corrected chi connectivity index (χ3v) is 4.17. The van der Waals surface area contributed by atoms with Crippen LogP contribution in [0.3, 0.4) is 0 Å². The lowest BCUT2D eigenvalue weighted by Crippen LogP contribution is -2.41. The molecule has 2 saturated heterocycles. The summed E-state index contributed by atoms with van der Waals surface area (Å²) in [5.74, 6) is 0. The van der Waals surface area contributed by atoms with Gasteiger partial charge in [-0.2, -0.15) is 0 Å². The van der Waals surface area contributed by atoms with E-state index in [2.05, 4.69) is 5.32 Å². The number of hydrogen-bond donors (Lipinski definition) is 1. The van der Waals surface area contributed by atoms with Crippen LogP contribution in [0.1, 0.15) is 36.8 Å². The lowest BCUT2D eigenvalue weighted by atomic mass is 10.0. The van der Waals surface area contributed by atoms with Crippen LogP contribution in [0.5, 0.6) is 0 Å². The van der Waals surface area contributed by atoms with E-state index in [1.54, 1.807) is 0 Å². The standard InChI is InChI=1S/C15H20FNO.ClH/c16-9-11-3-1-2-4-12(11)10-18-15-7-13-5-6-14(8-15)17-13;/h1-4,13-15,17H,5-10H2;1H/t13-,14+,15+;. The van der Waals surface area contributed by atoms with Gasteiger partial charge in [-0.1, -0.05) is 24.3 Å². The molecule has 0 amide bonds. The molecule has 0 saturated carbocycles. The van der Waals surface area contributed by atoms with Crippen LogP contribution in [0, 0.1) is 0 Å². The Morgan fingerprint density at radius 2 is 1.74 bits per heavy atom. The van der Waals surface area contributed by atoms with E-state index in [4.69, 9.17) is 4.74 Å². The van der Waals surface area contributed by atoms with E-state index in [9.17, 15) is 4.39 Å². The number of alkyl halides is 1. The van der Waals surface area contributed by atoms with Crippen LogP contribution in [-0.2, 0) is 18.0 Å². The molecule has 2 nitrogen and oxygen atoms in total. The molecule has 0 aromatic heterocycles. The van der Waals surface area contributed by atoms with E-state index in [0.29, 0.717) is 24.8 Å². The Morgan fingerprint density at radius 1 is 1.11 bits per heavy atom. The Morgan fingerprint density at radius 3 is 2.37 bits per heavy atom. The minimum Gasteiger partial charge on any atom is -0.373 e. The predicted octanol–water partition coefficient (Wildman–Crippen LogP) is 3.38. The normalized spacial score (nSPS) is 29.0. The van der Waals surface area contributed by atoms with E-state index < -0.39 is 6.67 Å². The molecular formula is C15H21ClFNO. The lowest BCUT2D eigenvalue weighted by Gasteiger charge is -2.29. The summed E-state index contributed by atoms with van der Waals surface area (Å²) in [7, 11) is 0. The average molecular weight is 286 g/mol. The SMILES string of the molecule is Cl.FCc1ccccc1CO[C@H]1C[C@H]2CC[C@@H](C1)N2. The number of benzene rings is 1. The summed E-state index contributed by atoms with van der Waals surface area (Å²) >= 11 is 0. The van der Waals surface area contributed by atoms with Gasteiger partial charge in [-0.05, 0) is 36.8 Å². The largest absolute Gasteiger partial charge is 0.373 e. The Balaban J connectivity index is 0.00000133. The van der Waals surface area contributed by atoms with Crippen LogP contribution in [0.2, 0.25) is 0 Å². The van der Waals surface area contributed by atoms with Crippen molar-refractivity contribution in [3.63, 3.8) is 0 Å². The molecule has 1 aromatic rings. The van der Waals surface area contributed by atoms with E-state index >= 15 is 0 Å². The first-order valence-electron chi connectivity index (χ1n) is 6.85. The Labute approximate surface area is 120 Å². The molecule has 2 aliphatic heterocycles. The molecule has 4 heteroatoms. The second kappa shape index (κ2) is 6.69. The molecule has 0 aliphatic carbocycles. The topological polar surface area (TPSA) is 21.3 Å². The predicted molar refractivity (Wildman–Crippen MR) is 76.3 cm³/mol. The molecule has 2 bridgehead atoms. The number of ether oxygens (including phenoxy) is 1. The number of halogens is 2. The summed E-state index contributed by atoms with van der Waals surface area (Å²) in [6, 6.07) is 8.91. The third kappa shape index (κ3) is 3.47. The van der Waals surface area contributed by atoms with Gasteiger partial charge in [-0.3, -0.25) is 0 Å². The minimum atomic E-state index is -0.406. The summed E-state index contributed by atoms with van der Waals surface area (Å²) in [5.41, 5.74) is 1.75. The van der Waals surface area contributed by atoms with Gasteiger partial charge in [0, 0.05) is 12.1 Å². The van der Waals surface area contributed by atoms with Crippen LogP contribution in [0.15, 0.2) is 24.3 Å². The van der Waals surface area contributed by atoms with Crippen molar-refractivity contribution in [3.8, 4) is 0 Å². The lowest BCUT2D eigenvalue weighted by molar-refractivity contribution is 0.00872. The Kier molecular flexibility index (Phi) is 5.20. The van der Waals surface area contributed by atoms with Crippen LogP contribution in [0.4, 0.5) is 4.39 Å². The quantitative estimate of drug-likeness (QED) is 0.916. The van der Waals surface area contributed by atoms with Crippen molar-refractivity contribution in [2.24, 2.45) is 0 Å². The monoisotopic (exact) mass is 285 g/mol. The smallest absolute Gasteiger partial charge is 0.115 e. The average Bonchev–Trinajstić information content (AvgIpc) is 2.76. The Hall–Kier alpha value is -0.640. The number of hydrogen-bond acceptors (Lipinski definition) is 2. The molecular weight excluding hydrogens is 265 g/mol. The first-order valence-corrected chi connectivity index (χ1v) is 6.85. The summed E-state index contributed by atoms with van der Waals surface area (Å²) < 4.78 is 18.8. The summed E-state index contributed by atoms with van der Waals surface area (Å²) in [6.07, 6.45) is 5.12. The van der Waals surface area contributed by atoms with Crippen molar-refractivity contribution in [1.29, 1.82) is 0 Å². The number of nitrogens with one attached hydrogen (secondary N) is 1. The number of piperidine rings is 1. The summed E-state index contributed by atoms with van der Waals surface area (Å²) in [6.45, 7) is 0.140. The summed E-state index contributed by atoms with van der Waals surface area (Å²) in [4.78, 5) is 0. The highest BCUT2D eigenvalue weighted by Crippen LogP contribution is 2.29. The van der Waals surface area contributed by atoms with Crippen molar-refractivity contribution in [2.75, 3.05) is 0 Å². The number of fused-ring (bicyclic) bond motifs is 2. The van der Waals surface area contributed by atoms with E-state index in [-0.39, 0.29) is 12.4 Å². The molecule has 3 atom stereocenters. The fourth-order valence-corrected chi connectivity index (χ4v) is 3.18. The highest BCUT2D eigenvalue weighted by Gasteiger charge is 2.33. The van der Waals surface area contributed by atoms with Gasteiger partial charge in [0.05, 0.1) is 12.7 Å². The molecule has 2 aliphatic rings. The maximum absolute atomic E-state index is 12.8. The molecule has 19 heavy (non-hydrogen) atoms. The van der Waals surface area contributed by atoms with Crippen LogP contribution in [0.25, 0.3) is 0 Å². The van der Waals surface area contributed by atoms with E-state index in [1.807, 2.05) is 24.3 Å². The van der Waals surface area contributed by atoms with Crippen LogP contribution >= 0.6 is 12.4 Å². The maximum atomic E-state index is 12.8. The van der Waals surface area contributed by atoms with Crippen LogP contribution in [-0.4, -0.2) is 18.2 Å². The van der Waals surface area contributed by atoms with Gasteiger partial charge in [0.15, 0.2) is 0 Å². The van der Waals surface area contributed by atoms with Crippen molar-refractivity contribution in [3.05, 3.63) is 35.4 Å². The van der Waals surface area contributed by atoms with Gasteiger partial charge >= 0.3 is 0 Å². The molecule has 1 aromatic carbocycles. The van der Waals surface area contributed by atoms with Crippen molar-refractivity contribution in [1.82, 2.24) is 5.32 Å². The first kappa shape index (κ1) is 14.8. The summed E-state index contributed by atoms with van der Waals surface area (Å²) in [5, 5.41) is 3.60. The molecule has 1 N–H and O–H groups in total. The first-order chi connectivity index (χ1) is 8.85. The zero-order valence-corrected chi connectivity index (χ0v) is 11.8. The third-order valence-electron chi connectivity index (χ3n) is 4.17. The van der Waals surface area contributed by atoms with Crippen molar-refractivity contribution in [2.45, 2.75) is 57.2 Å².